The van der Waals surface area contributed by atoms with Crippen LogP contribution in [-0.4, -0.2) is 44.0 Å². The number of aromatic amines is 1. The number of aromatic nitrogens is 2. The van der Waals surface area contributed by atoms with Crippen LogP contribution in [0.3, 0.4) is 0 Å². The number of methoxy groups -OCH3 is 3. The highest BCUT2D eigenvalue weighted by molar-refractivity contribution is 6.05. The van der Waals surface area contributed by atoms with E-state index < -0.39 is 0 Å². The van der Waals surface area contributed by atoms with Gasteiger partial charge in [0.2, 0.25) is 0 Å². The Hall–Kier alpha value is -3.48. The SMILES string of the molecule is COc1ccc(C=Cc2[nH]nc3ccc(C(=O)NCC4CC4)c(OC)c23)cc1OC. The molecule has 156 valence electrons. The maximum absolute atomic E-state index is 12.7. The van der Waals surface area contributed by atoms with Crippen molar-refractivity contribution in [3.8, 4) is 17.2 Å². The van der Waals surface area contributed by atoms with E-state index in [0.29, 0.717) is 35.3 Å². The zero-order valence-electron chi connectivity index (χ0n) is 17.3. The van der Waals surface area contributed by atoms with Gasteiger partial charge in [-0.15, -0.1) is 0 Å². The predicted octanol–water partition coefficient (Wildman–Crippen LogP) is 3.90. The Morgan fingerprint density at radius 2 is 1.90 bits per heavy atom. The van der Waals surface area contributed by atoms with Gasteiger partial charge in [-0.2, -0.15) is 5.10 Å². The first-order valence-corrected chi connectivity index (χ1v) is 9.88. The number of amides is 1. The number of hydrogen-bond acceptors (Lipinski definition) is 5. The van der Waals surface area contributed by atoms with E-state index in [-0.39, 0.29) is 5.91 Å². The van der Waals surface area contributed by atoms with Crippen molar-refractivity contribution >= 4 is 29.0 Å². The lowest BCUT2D eigenvalue weighted by Gasteiger charge is -2.10. The Kier molecular flexibility index (Phi) is 5.61. The average molecular weight is 407 g/mol. The van der Waals surface area contributed by atoms with Crippen LogP contribution in [-0.2, 0) is 0 Å². The summed E-state index contributed by atoms with van der Waals surface area (Å²) < 4.78 is 16.3. The van der Waals surface area contributed by atoms with Gasteiger partial charge < -0.3 is 19.5 Å². The van der Waals surface area contributed by atoms with Crippen molar-refractivity contribution < 1.29 is 19.0 Å². The number of fused-ring (bicyclic) bond motifs is 1. The normalized spacial score (nSPS) is 13.6. The van der Waals surface area contributed by atoms with Crippen molar-refractivity contribution in [2.75, 3.05) is 27.9 Å². The smallest absolute Gasteiger partial charge is 0.255 e. The molecule has 30 heavy (non-hydrogen) atoms. The van der Waals surface area contributed by atoms with E-state index in [0.717, 1.165) is 22.2 Å². The summed E-state index contributed by atoms with van der Waals surface area (Å²) in [5.41, 5.74) is 2.94. The van der Waals surface area contributed by atoms with Crippen LogP contribution in [0.15, 0.2) is 30.3 Å². The minimum absolute atomic E-state index is 0.128. The molecule has 0 bridgehead atoms. The molecule has 1 aliphatic carbocycles. The summed E-state index contributed by atoms with van der Waals surface area (Å²) in [4.78, 5) is 12.7. The van der Waals surface area contributed by atoms with Gasteiger partial charge in [0.05, 0.1) is 43.5 Å². The highest BCUT2D eigenvalue weighted by Crippen LogP contribution is 2.33. The molecule has 0 unspecified atom stereocenters. The molecule has 0 saturated heterocycles. The van der Waals surface area contributed by atoms with Gasteiger partial charge in [0, 0.05) is 6.54 Å². The Labute approximate surface area is 175 Å². The zero-order chi connectivity index (χ0) is 21.1. The lowest BCUT2D eigenvalue weighted by atomic mass is 10.1. The average Bonchev–Trinajstić information content (AvgIpc) is 3.53. The zero-order valence-corrected chi connectivity index (χ0v) is 17.3. The summed E-state index contributed by atoms with van der Waals surface area (Å²) in [5, 5.41) is 11.2. The van der Waals surface area contributed by atoms with E-state index in [1.807, 2.05) is 36.4 Å². The van der Waals surface area contributed by atoms with Gasteiger partial charge in [-0.3, -0.25) is 9.89 Å². The van der Waals surface area contributed by atoms with E-state index in [2.05, 4.69) is 15.5 Å². The third-order valence-electron chi connectivity index (χ3n) is 5.25. The number of nitrogens with zero attached hydrogens (tertiary/aromatic N) is 1. The Balaban J connectivity index is 1.66. The summed E-state index contributed by atoms with van der Waals surface area (Å²) in [6, 6.07) is 9.26. The van der Waals surface area contributed by atoms with Crippen molar-refractivity contribution in [2.24, 2.45) is 5.92 Å². The molecule has 0 aliphatic heterocycles. The summed E-state index contributed by atoms with van der Waals surface area (Å²) in [7, 11) is 4.78. The lowest BCUT2D eigenvalue weighted by molar-refractivity contribution is 0.0949. The first kappa shape index (κ1) is 19.8. The van der Waals surface area contributed by atoms with Gasteiger partial charge in [-0.25, -0.2) is 0 Å². The van der Waals surface area contributed by atoms with Crippen LogP contribution in [0.4, 0.5) is 0 Å². The monoisotopic (exact) mass is 407 g/mol. The molecule has 1 amide bonds. The molecule has 1 fully saturated rings. The van der Waals surface area contributed by atoms with Gasteiger partial charge >= 0.3 is 0 Å². The molecular weight excluding hydrogens is 382 g/mol. The fourth-order valence-electron chi connectivity index (χ4n) is 3.40. The maximum Gasteiger partial charge on any atom is 0.255 e. The lowest BCUT2D eigenvalue weighted by Crippen LogP contribution is -2.26. The summed E-state index contributed by atoms with van der Waals surface area (Å²) >= 11 is 0. The molecule has 3 aromatic rings. The van der Waals surface area contributed by atoms with Crippen LogP contribution < -0.4 is 19.5 Å². The van der Waals surface area contributed by atoms with E-state index in [4.69, 9.17) is 14.2 Å². The van der Waals surface area contributed by atoms with Crippen LogP contribution in [0.5, 0.6) is 17.2 Å². The molecular formula is C23H25N3O4. The predicted molar refractivity (Wildman–Crippen MR) is 116 cm³/mol. The van der Waals surface area contributed by atoms with Crippen molar-refractivity contribution in [1.82, 2.24) is 15.5 Å². The number of carbonyl (C=O) groups excluding carboxylic acids is 1. The fourth-order valence-corrected chi connectivity index (χ4v) is 3.40. The molecule has 1 saturated carbocycles. The first-order valence-electron chi connectivity index (χ1n) is 9.88. The molecule has 0 radical (unpaired) electrons. The molecule has 1 aromatic heterocycles. The number of rotatable bonds is 8. The summed E-state index contributed by atoms with van der Waals surface area (Å²) in [5.74, 6) is 2.32. The van der Waals surface area contributed by atoms with Gasteiger partial charge in [-0.1, -0.05) is 12.1 Å². The Morgan fingerprint density at radius 3 is 2.60 bits per heavy atom. The molecule has 1 heterocycles. The van der Waals surface area contributed by atoms with E-state index in [9.17, 15) is 4.79 Å². The van der Waals surface area contributed by atoms with Crippen molar-refractivity contribution in [3.63, 3.8) is 0 Å². The number of ether oxygens (including phenoxy) is 3. The molecule has 1 aliphatic rings. The number of carbonyl (C=O) groups is 1. The number of nitrogens with one attached hydrogen (secondary N) is 2. The number of H-pyrrole nitrogens is 1. The summed E-state index contributed by atoms with van der Waals surface area (Å²) in [6.07, 6.45) is 6.21. The minimum Gasteiger partial charge on any atom is -0.495 e. The van der Waals surface area contributed by atoms with E-state index >= 15 is 0 Å². The second-order valence-electron chi connectivity index (χ2n) is 7.28. The molecule has 0 spiro atoms. The number of hydrogen-bond donors (Lipinski definition) is 2. The first-order chi connectivity index (χ1) is 14.6. The Morgan fingerprint density at radius 1 is 1.10 bits per heavy atom. The molecule has 7 nitrogen and oxygen atoms in total. The summed E-state index contributed by atoms with van der Waals surface area (Å²) in [6.45, 7) is 0.706. The number of benzene rings is 2. The van der Waals surface area contributed by atoms with Gasteiger partial charge in [0.1, 0.15) is 5.75 Å². The van der Waals surface area contributed by atoms with E-state index in [1.54, 1.807) is 27.4 Å². The van der Waals surface area contributed by atoms with Crippen molar-refractivity contribution in [1.29, 1.82) is 0 Å². The van der Waals surface area contributed by atoms with Crippen LogP contribution >= 0.6 is 0 Å². The third-order valence-corrected chi connectivity index (χ3v) is 5.25. The standard InChI is InChI=1S/C23H25N3O4/c1-28-19-11-7-14(12-20(19)29-2)6-9-17-21-18(26-25-17)10-8-16(22(21)30-3)23(27)24-13-15-4-5-15/h6-12,15H,4-5,13H2,1-3H3,(H,24,27)(H,25,26). The van der Waals surface area contributed by atoms with Crippen LogP contribution in [0.25, 0.3) is 23.1 Å². The Bertz CT molecular complexity index is 1100. The van der Waals surface area contributed by atoms with E-state index in [1.165, 1.54) is 12.8 Å². The fraction of sp³-hybridized carbons (Fsp3) is 0.304. The highest BCUT2D eigenvalue weighted by Gasteiger charge is 2.24. The molecule has 2 N–H and O–H groups in total. The van der Waals surface area contributed by atoms with Crippen molar-refractivity contribution in [3.05, 3.63) is 47.2 Å². The second kappa shape index (κ2) is 8.49. The topological polar surface area (TPSA) is 85.5 Å². The van der Waals surface area contributed by atoms with Crippen LogP contribution in [0.1, 0.15) is 34.5 Å². The van der Waals surface area contributed by atoms with Gasteiger partial charge in [0.15, 0.2) is 11.5 Å². The van der Waals surface area contributed by atoms with Gasteiger partial charge in [-0.05, 0) is 54.7 Å². The van der Waals surface area contributed by atoms with Crippen LogP contribution in [0.2, 0.25) is 0 Å². The van der Waals surface area contributed by atoms with Gasteiger partial charge in [0.25, 0.3) is 5.91 Å². The molecule has 0 atom stereocenters. The largest absolute Gasteiger partial charge is 0.495 e. The quantitative estimate of drug-likeness (QED) is 0.592. The minimum atomic E-state index is -0.128. The molecule has 7 heteroatoms. The second-order valence-corrected chi connectivity index (χ2v) is 7.28. The highest BCUT2D eigenvalue weighted by atomic mass is 16.5. The van der Waals surface area contributed by atoms with Crippen LogP contribution in [0, 0.1) is 5.92 Å². The third kappa shape index (κ3) is 3.96. The maximum atomic E-state index is 12.7. The van der Waals surface area contributed by atoms with Crippen molar-refractivity contribution in [2.45, 2.75) is 12.8 Å². The molecule has 4 rings (SSSR count). The molecule has 2 aromatic carbocycles.